The normalized spacial score (nSPS) is 12.8. The molecule has 1 rings (SSSR count). The van der Waals surface area contributed by atoms with Crippen molar-refractivity contribution in [2.45, 2.75) is 33.7 Å². The highest BCUT2D eigenvalue weighted by Crippen LogP contribution is 2.26. The summed E-state index contributed by atoms with van der Waals surface area (Å²) in [6, 6.07) is 0. The van der Waals surface area contributed by atoms with Gasteiger partial charge in [0.15, 0.2) is 5.69 Å². The first kappa shape index (κ1) is 16.1. The number of aromatic nitrogens is 2. The molecule has 0 saturated heterocycles. The summed E-state index contributed by atoms with van der Waals surface area (Å²) in [4.78, 5) is 22.3. The van der Waals surface area contributed by atoms with Crippen molar-refractivity contribution in [2.24, 2.45) is 11.8 Å². The minimum atomic E-state index is -2.85. The molecule has 0 saturated carbocycles. The molecule has 0 aliphatic carbocycles. The molecule has 0 bridgehead atoms. The van der Waals surface area contributed by atoms with Gasteiger partial charge in [0, 0.05) is 12.7 Å². The third kappa shape index (κ3) is 4.01. The van der Waals surface area contributed by atoms with Gasteiger partial charge in [-0.3, -0.25) is 14.3 Å². The topological polar surface area (TPSA) is 84.2 Å². The number of amides is 1. The molecular weight excluding hydrogens is 272 g/mol. The lowest BCUT2D eigenvalue weighted by atomic mass is 10.1. The molecule has 0 fully saturated rings. The molecule has 8 heteroatoms. The van der Waals surface area contributed by atoms with E-state index in [9.17, 15) is 18.4 Å². The number of alkyl halides is 2. The number of carbonyl (C=O) groups excluding carboxylic acids is 1. The average molecular weight is 289 g/mol. The molecule has 1 heterocycles. The van der Waals surface area contributed by atoms with Gasteiger partial charge in [0.05, 0.1) is 5.69 Å². The summed E-state index contributed by atoms with van der Waals surface area (Å²) in [6.45, 7) is 5.39. The van der Waals surface area contributed by atoms with Gasteiger partial charge in [0.2, 0.25) is 5.91 Å². The number of hydrogen-bond acceptors (Lipinski definition) is 3. The van der Waals surface area contributed by atoms with Gasteiger partial charge in [-0.25, -0.2) is 8.78 Å². The summed E-state index contributed by atoms with van der Waals surface area (Å²) >= 11 is 0. The first-order valence-electron chi connectivity index (χ1n) is 6.11. The Morgan fingerprint density at radius 1 is 1.40 bits per heavy atom. The molecule has 1 amide bonds. The van der Waals surface area contributed by atoms with Crippen LogP contribution in [0.3, 0.4) is 0 Å². The Kier molecular flexibility index (Phi) is 5.18. The van der Waals surface area contributed by atoms with E-state index >= 15 is 0 Å². The minimum Gasteiger partial charge on any atom is -0.481 e. The van der Waals surface area contributed by atoms with Gasteiger partial charge in [-0.05, 0) is 12.8 Å². The maximum absolute atomic E-state index is 12.8. The van der Waals surface area contributed by atoms with E-state index in [1.54, 1.807) is 0 Å². The van der Waals surface area contributed by atoms with Gasteiger partial charge in [-0.15, -0.1) is 0 Å². The molecule has 1 aromatic rings. The van der Waals surface area contributed by atoms with Crippen molar-refractivity contribution >= 4 is 17.6 Å². The van der Waals surface area contributed by atoms with Crippen molar-refractivity contribution in [3.05, 3.63) is 11.9 Å². The smallest absolute Gasteiger partial charge is 0.315 e. The first-order valence-corrected chi connectivity index (χ1v) is 6.11. The molecule has 6 nitrogen and oxygen atoms in total. The van der Waals surface area contributed by atoms with Crippen molar-refractivity contribution in [3.63, 3.8) is 0 Å². The predicted molar refractivity (Wildman–Crippen MR) is 67.5 cm³/mol. The van der Waals surface area contributed by atoms with E-state index in [0.717, 1.165) is 0 Å². The van der Waals surface area contributed by atoms with Gasteiger partial charge in [0.25, 0.3) is 6.43 Å². The van der Waals surface area contributed by atoms with Gasteiger partial charge in [0.1, 0.15) is 5.92 Å². The maximum Gasteiger partial charge on any atom is 0.315 e. The highest BCUT2D eigenvalue weighted by atomic mass is 19.3. The van der Waals surface area contributed by atoms with Crippen molar-refractivity contribution in [2.75, 3.05) is 5.32 Å². The van der Waals surface area contributed by atoms with E-state index in [1.165, 1.54) is 17.8 Å². The van der Waals surface area contributed by atoms with E-state index in [0.29, 0.717) is 6.54 Å². The summed E-state index contributed by atoms with van der Waals surface area (Å²) in [6.07, 6.45) is -1.56. The Hall–Kier alpha value is -1.99. The number of anilines is 1. The number of halogens is 2. The lowest BCUT2D eigenvalue weighted by molar-refractivity contribution is -0.144. The largest absolute Gasteiger partial charge is 0.481 e. The number of carbonyl (C=O) groups is 2. The van der Waals surface area contributed by atoms with Crippen LogP contribution in [0.5, 0.6) is 0 Å². The zero-order valence-electron chi connectivity index (χ0n) is 11.4. The van der Waals surface area contributed by atoms with Gasteiger partial charge in [-0.2, -0.15) is 5.10 Å². The zero-order chi connectivity index (χ0) is 15.4. The molecule has 20 heavy (non-hydrogen) atoms. The van der Waals surface area contributed by atoms with Crippen LogP contribution < -0.4 is 5.32 Å². The third-order valence-corrected chi connectivity index (χ3v) is 2.57. The van der Waals surface area contributed by atoms with Crippen LogP contribution >= 0.6 is 0 Å². The van der Waals surface area contributed by atoms with Crippen LogP contribution in [-0.2, 0) is 16.1 Å². The van der Waals surface area contributed by atoms with Crippen molar-refractivity contribution in [1.29, 1.82) is 0 Å². The van der Waals surface area contributed by atoms with Crippen molar-refractivity contribution in [3.8, 4) is 0 Å². The molecule has 0 aromatic carbocycles. The fraction of sp³-hybridized carbons (Fsp3) is 0.583. The number of aliphatic carboxylic acids is 1. The Morgan fingerprint density at radius 2 is 2.00 bits per heavy atom. The molecule has 0 radical (unpaired) electrons. The molecule has 0 aliphatic rings. The molecule has 112 valence electrons. The number of carboxylic acid groups (broad SMARTS) is 1. The minimum absolute atomic E-state index is 0.154. The second-order valence-electron chi connectivity index (χ2n) is 4.89. The second-order valence-corrected chi connectivity index (χ2v) is 4.89. The van der Waals surface area contributed by atoms with Crippen molar-refractivity contribution < 1.29 is 23.5 Å². The predicted octanol–water partition coefficient (Wildman–Crippen LogP) is 2.14. The zero-order valence-corrected chi connectivity index (χ0v) is 11.4. The Balaban J connectivity index is 2.95. The standard InChI is InChI=1S/C12H17F2N3O3/c1-6(2)4-17-5-8(9(16-17)10(13)14)15-11(18)7(3)12(19)20/h5-7,10H,4H2,1-3H3,(H,15,18)(H,19,20). The Bertz CT molecular complexity index is 500. The van der Waals surface area contributed by atoms with Gasteiger partial charge in [-0.1, -0.05) is 13.8 Å². The Labute approximate surface area is 114 Å². The van der Waals surface area contributed by atoms with Crippen molar-refractivity contribution in [1.82, 2.24) is 9.78 Å². The van der Waals surface area contributed by atoms with E-state index in [2.05, 4.69) is 10.4 Å². The van der Waals surface area contributed by atoms with Crippen LogP contribution in [0.2, 0.25) is 0 Å². The highest BCUT2D eigenvalue weighted by molar-refractivity contribution is 6.04. The number of carboxylic acids is 1. The molecule has 0 spiro atoms. The molecule has 1 aromatic heterocycles. The summed E-state index contributed by atoms with van der Waals surface area (Å²) in [5, 5.41) is 14.6. The summed E-state index contributed by atoms with van der Waals surface area (Å²) in [5.74, 6) is -3.31. The average Bonchev–Trinajstić information content (AvgIpc) is 2.69. The number of nitrogens with zero attached hydrogens (tertiary/aromatic N) is 2. The van der Waals surface area contributed by atoms with Crippen LogP contribution in [0.25, 0.3) is 0 Å². The number of hydrogen-bond donors (Lipinski definition) is 2. The first-order chi connectivity index (χ1) is 9.22. The van der Waals surface area contributed by atoms with Crippen LogP contribution in [0, 0.1) is 11.8 Å². The van der Waals surface area contributed by atoms with Crippen LogP contribution in [0.1, 0.15) is 32.9 Å². The summed E-state index contributed by atoms with van der Waals surface area (Å²) in [7, 11) is 0. The maximum atomic E-state index is 12.8. The monoisotopic (exact) mass is 289 g/mol. The highest BCUT2D eigenvalue weighted by Gasteiger charge is 2.25. The SMILES string of the molecule is CC(C)Cn1cc(NC(=O)C(C)C(=O)O)c(C(F)F)n1. The molecular formula is C12H17F2N3O3. The quantitative estimate of drug-likeness (QED) is 0.786. The van der Waals surface area contributed by atoms with Crippen LogP contribution in [-0.4, -0.2) is 26.8 Å². The fourth-order valence-electron chi connectivity index (χ4n) is 1.51. The fourth-order valence-corrected chi connectivity index (χ4v) is 1.51. The van der Waals surface area contributed by atoms with E-state index < -0.39 is 29.9 Å². The lowest BCUT2D eigenvalue weighted by Crippen LogP contribution is -2.27. The molecule has 0 aliphatic heterocycles. The second kappa shape index (κ2) is 6.44. The molecule has 1 unspecified atom stereocenters. The van der Waals surface area contributed by atoms with E-state index in [4.69, 9.17) is 5.11 Å². The number of nitrogens with one attached hydrogen (secondary N) is 1. The summed E-state index contributed by atoms with van der Waals surface area (Å²) in [5.41, 5.74) is -0.713. The van der Waals surface area contributed by atoms with Crippen LogP contribution in [0.15, 0.2) is 6.20 Å². The molecule has 1 atom stereocenters. The number of rotatable bonds is 6. The van der Waals surface area contributed by atoms with Gasteiger partial charge < -0.3 is 10.4 Å². The van der Waals surface area contributed by atoms with E-state index in [1.807, 2.05) is 13.8 Å². The van der Waals surface area contributed by atoms with E-state index in [-0.39, 0.29) is 11.6 Å². The Morgan fingerprint density at radius 3 is 2.45 bits per heavy atom. The molecule has 2 N–H and O–H groups in total. The van der Waals surface area contributed by atoms with Crippen LogP contribution in [0.4, 0.5) is 14.5 Å². The van der Waals surface area contributed by atoms with Gasteiger partial charge >= 0.3 is 5.97 Å². The third-order valence-electron chi connectivity index (χ3n) is 2.57. The lowest BCUT2D eigenvalue weighted by Gasteiger charge is -2.07. The summed E-state index contributed by atoms with van der Waals surface area (Å²) < 4.78 is 27.0.